The van der Waals surface area contributed by atoms with E-state index in [0.29, 0.717) is 32.9 Å². The average molecular weight is 557 g/mol. The number of hydrogen-bond acceptors (Lipinski definition) is 4. The van der Waals surface area contributed by atoms with Gasteiger partial charge in [0.05, 0.1) is 5.69 Å². The molecule has 5 nitrogen and oxygen atoms in total. The largest absolute Gasteiger partial charge is 0.325 e. The summed E-state index contributed by atoms with van der Waals surface area (Å²) in [6.45, 7) is 0.663. The third-order valence-corrected chi connectivity index (χ3v) is 10.3. The number of halogens is 2. The van der Waals surface area contributed by atoms with Gasteiger partial charge in [0.2, 0.25) is 11.8 Å². The maximum atomic E-state index is 13.5. The smallest absolute Gasteiger partial charge is 0.238 e. The Labute approximate surface area is 232 Å². The first-order valence-electron chi connectivity index (χ1n) is 13.2. The zero-order valence-corrected chi connectivity index (χ0v) is 23.0. The zero-order valence-electron chi connectivity index (χ0n) is 20.7. The lowest BCUT2D eigenvalue weighted by molar-refractivity contribution is -0.130. The third kappa shape index (κ3) is 5.57. The Hall–Kier alpha value is -2.02. The van der Waals surface area contributed by atoms with Crippen LogP contribution >= 0.6 is 35.0 Å². The van der Waals surface area contributed by atoms with Crippen molar-refractivity contribution >= 4 is 63.3 Å². The van der Waals surface area contributed by atoms with Gasteiger partial charge >= 0.3 is 0 Å². The van der Waals surface area contributed by atoms with Crippen LogP contribution in [0, 0.1) is 23.2 Å². The van der Waals surface area contributed by atoms with Crippen LogP contribution < -0.4 is 5.32 Å². The number of hydrogen-bond donors (Lipinski definition) is 1. The maximum absolute atomic E-state index is 13.5. The van der Waals surface area contributed by atoms with E-state index in [-0.39, 0.29) is 18.2 Å². The highest BCUT2D eigenvalue weighted by molar-refractivity contribution is 8.15. The molecule has 0 unspecified atom stereocenters. The van der Waals surface area contributed by atoms with Crippen LogP contribution in [0.3, 0.4) is 0 Å². The predicted octanol–water partition coefficient (Wildman–Crippen LogP) is 7.56. The topological polar surface area (TPSA) is 61.8 Å². The summed E-state index contributed by atoms with van der Waals surface area (Å²) in [5.74, 6) is 2.39. The quantitative estimate of drug-likeness (QED) is 0.400. The van der Waals surface area contributed by atoms with Crippen molar-refractivity contribution in [3.05, 3.63) is 58.6 Å². The number of carbonyl (C=O) groups excluding carboxylic acids is 2. The molecule has 0 radical (unpaired) electrons. The summed E-state index contributed by atoms with van der Waals surface area (Å²) in [7, 11) is 0. The first kappa shape index (κ1) is 25.3. The monoisotopic (exact) mass is 555 g/mol. The van der Waals surface area contributed by atoms with Crippen molar-refractivity contribution in [3.8, 4) is 0 Å². The van der Waals surface area contributed by atoms with Gasteiger partial charge in [-0.2, -0.15) is 0 Å². The lowest BCUT2D eigenvalue weighted by Gasteiger charge is -2.57. The van der Waals surface area contributed by atoms with E-state index in [1.807, 2.05) is 17.0 Å². The maximum Gasteiger partial charge on any atom is 0.238 e. The van der Waals surface area contributed by atoms with E-state index >= 15 is 0 Å². The highest BCUT2D eigenvalue weighted by Crippen LogP contribution is 2.61. The number of aliphatic imine (C=N–C) groups is 1. The fourth-order valence-corrected chi connectivity index (χ4v) is 8.77. The molecule has 1 N–H and O–H groups in total. The molecule has 194 valence electrons. The van der Waals surface area contributed by atoms with Gasteiger partial charge < -0.3 is 5.32 Å². The van der Waals surface area contributed by atoms with E-state index in [1.54, 1.807) is 36.4 Å². The molecule has 37 heavy (non-hydrogen) atoms. The average Bonchev–Trinajstić information content (AvgIpc) is 2.85. The first-order valence-corrected chi connectivity index (χ1v) is 14.9. The Balaban J connectivity index is 1.21. The molecular weight excluding hydrogens is 525 g/mol. The molecule has 0 spiro atoms. The molecular formula is C29H31Cl2N3O2S. The van der Waals surface area contributed by atoms with E-state index < -0.39 is 5.25 Å². The van der Waals surface area contributed by atoms with Crippen LogP contribution in [0.5, 0.6) is 0 Å². The second-order valence-electron chi connectivity index (χ2n) is 11.4. The van der Waals surface area contributed by atoms with E-state index in [1.165, 1.54) is 50.3 Å². The van der Waals surface area contributed by atoms with Crippen LogP contribution in [0.1, 0.15) is 51.4 Å². The summed E-state index contributed by atoms with van der Waals surface area (Å²) < 4.78 is 0. The molecule has 1 atom stereocenters. The molecule has 8 heteroatoms. The van der Waals surface area contributed by atoms with E-state index in [2.05, 4.69) is 5.32 Å². The van der Waals surface area contributed by atoms with Crippen molar-refractivity contribution in [1.82, 2.24) is 4.90 Å². The Morgan fingerprint density at radius 1 is 0.946 bits per heavy atom. The molecule has 4 saturated carbocycles. The van der Waals surface area contributed by atoms with Crippen molar-refractivity contribution < 1.29 is 9.59 Å². The number of rotatable bonds is 6. The summed E-state index contributed by atoms with van der Waals surface area (Å²) >= 11 is 13.4. The molecule has 5 fully saturated rings. The lowest BCUT2D eigenvalue weighted by atomic mass is 9.49. The predicted molar refractivity (Wildman–Crippen MR) is 152 cm³/mol. The van der Waals surface area contributed by atoms with Gasteiger partial charge in [-0.1, -0.05) is 35.0 Å². The van der Waals surface area contributed by atoms with Gasteiger partial charge in [-0.3, -0.25) is 14.5 Å². The molecule has 0 aromatic heterocycles. The highest BCUT2D eigenvalue weighted by atomic mass is 35.5. The zero-order chi connectivity index (χ0) is 25.6. The molecule has 7 rings (SSSR count). The molecule has 5 aliphatic rings. The minimum Gasteiger partial charge on any atom is -0.325 e. The van der Waals surface area contributed by atoms with Gasteiger partial charge in [0.25, 0.3) is 0 Å². The van der Waals surface area contributed by atoms with Crippen LogP contribution in [0.25, 0.3) is 0 Å². The SMILES string of the molecule is O=C(Nc1ccc(Cl)cc1)[C@@H]1CC(=O)N(CCC23CC4CC(CC(C4)C2)C3)C(=Nc2ccc(Cl)cc2)S1. The fraction of sp³-hybridized carbons (Fsp3) is 0.483. The Morgan fingerprint density at radius 3 is 2.11 bits per heavy atom. The second-order valence-corrected chi connectivity index (χ2v) is 13.4. The van der Waals surface area contributed by atoms with Gasteiger partial charge in [-0.05, 0) is 117 Å². The van der Waals surface area contributed by atoms with Crippen LogP contribution in [0.15, 0.2) is 53.5 Å². The summed E-state index contributed by atoms with van der Waals surface area (Å²) in [4.78, 5) is 33.3. The van der Waals surface area contributed by atoms with E-state index in [0.717, 1.165) is 29.9 Å². The van der Waals surface area contributed by atoms with Gasteiger partial charge in [0, 0.05) is 28.7 Å². The summed E-state index contributed by atoms with van der Waals surface area (Å²) in [6.07, 6.45) is 9.33. The molecule has 4 bridgehead atoms. The van der Waals surface area contributed by atoms with Crippen LogP contribution in [0.2, 0.25) is 10.0 Å². The molecule has 1 heterocycles. The number of amidine groups is 1. The minimum absolute atomic E-state index is 0.0348. The number of nitrogens with zero attached hydrogens (tertiary/aromatic N) is 2. The van der Waals surface area contributed by atoms with Crippen LogP contribution in [-0.4, -0.2) is 33.7 Å². The van der Waals surface area contributed by atoms with Gasteiger partial charge in [-0.25, -0.2) is 4.99 Å². The normalized spacial score (nSPS) is 31.7. The number of amides is 2. The van der Waals surface area contributed by atoms with Crippen molar-refractivity contribution in [2.45, 2.75) is 56.6 Å². The van der Waals surface area contributed by atoms with Gasteiger partial charge in [0.15, 0.2) is 5.17 Å². The van der Waals surface area contributed by atoms with Crippen molar-refractivity contribution in [1.29, 1.82) is 0 Å². The van der Waals surface area contributed by atoms with Gasteiger partial charge in [0.1, 0.15) is 5.25 Å². The molecule has 2 aromatic rings. The summed E-state index contributed by atoms with van der Waals surface area (Å²) in [6, 6.07) is 14.3. The Kier molecular flexibility index (Phi) is 7.02. The molecule has 1 aliphatic heterocycles. The van der Waals surface area contributed by atoms with Gasteiger partial charge in [-0.15, -0.1) is 0 Å². The minimum atomic E-state index is -0.551. The van der Waals surface area contributed by atoms with E-state index in [9.17, 15) is 9.59 Å². The summed E-state index contributed by atoms with van der Waals surface area (Å²) in [5, 5.41) is 4.21. The van der Waals surface area contributed by atoms with Crippen molar-refractivity contribution in [2.75, 3.05) is 11.9 Å². The fourth-order valence-electron chi connectivity index (χ4n) is 7.39. The highest BCUT2D eigenvalue weighted by Gasteiger charge is 2.51. The number of anilines is 1. The Morgan fingerprint density at radius 2 is 1.51 bits per heavy atom. The second kappa shape index (κ2) is 10.3. The standard InChI is InChI=1S/C29H31Cl2N3O2S/c30-21-1-5-23(6-2-21)32-27(36)25-14-26(35)34(28(37-25)33-24-7-3-22(31)4-8-24)10-9-29-15-18-11-19(16-29)13-20(12-18)17-29/h1-8,18-20,25H,9-17H2,(H,32,36)/t18?,19?,20?,25-,29?/m0/s1. The molecule has 2 aromatic carbocycles. The lowest BCUT2D eigenvalue weighted by Crippen LogP contribution is -2.50. The number of benzene rings is 2. The molecule has 2 amide bonds. The molecule has 1 saturated heterocycles. The number of nitrogens with one attached hydrogen (secondary N) is 1. The van der Waals surface area contributed by atoms with Crippen LogP contribution in [0.4, 0.5) is 11.4 Å². The Bertz CT molecular complexity index is 1180. The first-order chi connectivity index (χ1) is 17.8. The summed E-state index contributed by atoms with van der Waals surface area (Å²) in [5.41, 5.74) is 1.74. The third-order valence-electron chi connectivity index (χ3n) is 8.63. The van der Waals surface area contributed by atoms with Crippen molar-refractivity contribution in [3.63, 3.8) is 0 Å². The number of thioether (sulfide) groups is 1. The van der Waals surface area contributed by atoms with Crippen LogP contribution in [-0.2, 0) is 9.59 Å². The van der Waals surface area contributed by atoms with E-state index in [4.69, 9.17) is 28.2 Å². The number of carbonyl (C=O) groups is 2. The molecule has 4 aliphatic carbocycles. The van der Waals surface area contributed by atoms with Crippen molar-refractivity contribution in [2.24, 2.45) is 28.2 Å².